The molecular weight excluding hydrogens is 332 g/mol. The lowest BCUT2D eigenvalue weighted by Crippen LogP contribution is -2.36. The first-order chi connectivity index (χ1) is 12.1. The highest BCUT2D eigenvalue weighted by molar-refractivity contribution is 5.74. The molecule has 0 bridgehead atoms. The average Bonchev–Trinajstić information content (AvgIpc) is 2.97. The van der Waals surface area contributed by atoms with E-state index in [1.807, 2.05) is 57.0 Å². The number of aromatic nitrogens is 1. The molecule has 1 unspecified atom stereocenters. The van der Waals surface area contributed by atoms with Crippen molar-refractivity contribution in [1.82, 2.24) is 9.47 Å². The summed E-state index contributed by atoms with van der Waals surface area (Å²) in [5.74, 6) is -1.75. The molecule has 2 N–H and O–H groups in total. The number of aryl methyl sites for hydroxylation is 1. The number of carbonyl (C=O) groups is 2. The van der Waals surface area contributed by atoms with Crippen LogP contribution >= 0.6 is 0 Å². The molecule has 2 heterocycles. The number of hydrogen-bond acceptors (Lipinski definition) is 3. The van der Waals surface area contributed by atoms with E-state index >= 15 is 0 Å². The van der Waals surface area contributed by atoms with Crippen LogP contribution in [0.2, 0.25) is 0 Å². The Morgan fingerprint density at radius 3 is 2.46 bits per heavy atom. The van der Waals surface area contributed by atoms with E-state index in [1.54, 1.807) is 11.5 Å². The van der Waals surface area contributed by atoms with Gasteiger partial charge in [-0.3, -0.25) is 4.79 Å². The van der Waals surface area contributed by atoms with Gasteiger partial charge in [0.1, 0.15) is 12.6 Å². The average molecular weight is 358 g/mol. The van der Waals surface area contributed by atoms with E-state index < -0.39 is 18.0 Å². The van der Waals surface area contributed by atoms with Gasteiger partial charge in [0.2, 0.25) is 0 Å². The molecule has 1 atom stereocenters. The molecule has 0 radical (unpaired) electrons. The molecule has 6 nitrogen and oxygen atoms in total. The maximum Gasteiger partial charge on any atom is 0.326 e. The Morgan fingerprint density at radius 2 is 1.88 bits per heavy atom. The number of carboxylic acid groups (broad SMARTS) is 2. The molecular formula is C20H26N2O4. The van der Waals surface area contributed by atoms with E-state index in [-0.39, 0.29) is 6.54 Å². The molecule has 1 aromatic heterocycles. The molecule has 1 aliphatic rings. The maximum absolute atomic E-state index is 11.4. The molecule has 2 rings (SSSR count). The Morgan fingerprint density at radius 1 is 1.23 bits per heavy atom. The van der Waals surface area contributed by atoms with E-state index in [0.29, 0.717) is 6.54 Å². The number of rotatable bonds is 6. The standard InChI is InChI=1S/C20H26N2O4/c1-12-9-21(11-19(23)24)17(14(12)3)7-6-8-18-15(4)13(2)10-22(18)16(5)20(25)26/h6-9,16H,10-11H2,1-5H3,(H,23,24)(H,25,26)/b7-6+,18-8+. The molecule has 0 fully saturated rings. The summed E-state index contributed by atoms with van der Waals surface area (Å²) in [4.78, 5) is 24.3. The van der Waals surface area contributed by atoms with E-state index in [2.05, 4.69) is 0 Å². The van der Waals surface area contributed by atoms with Crippen molar-refractivity contribution >= 4 is 18.0 Å². The van der Waals surface area contributed by atoms with Crippen LogP contribution in [0.15, 0.2) is 35.2 Å². The van der Waals surface area contributed by atoms with Crippen LogP contribution in [0, 0.1) is 13.8 Å². The van der Waals surface area contributed by atoms with Crippen LogP contribution in [0.25, 0.3) is 6.08 Å². The van der Waals surface area contributed by atoms with Crippen molar-refractivity contribution < 1.29 is 19.8 Å². The van der Waals surface area contributed by atoms with Crippen molar-refractivity contribution in [2.75, 3.05) is 6.54 Å². The summed E-state index contributed by atoms with van der Waals surface area (Å²) in [6.45, 7) is 10.1. The summed E-state index contributed by atoms with van der Waals surface area (Å²) in [5, 5.41) is 18.4. The fourth-order valence-corrected chi connectivity index (χ4v) is 3.14. The van der Waals surface area contributed by atoms with Gasteiger partial charge in [0.05, 0.1) is 0 Å². The molecule has 0 saturated carbocycles. The molecule has 0 amide bonds. The van der Waals surface area contributed by atoms with E-state index in [0.717, 1.165) is 33.7 Å². The van der Waals surface area contributed by atoms with Gasteiger partial charge in [-0.05, 0) is 69.0 Å². The lowest BCUT2D eigenvalue weighted by atomic mass is 10.1. The molecule has 26 heavy (non-hydrogen) atoms. The molecule has 0 aliphatic carbocycles. The highest BCUT2D eigenvalue weighted by Crippen LogP contribution is 2.29. The van der Waals surface area contributed by atoms with Crippen LogP contribution < -0.4 is 0 Å². The zero-order valence-corrected chi connectivity index (χ0v) is 15.9. The zero-order valence-electron chi connectivity index (χ0n) is 15.9. The first kappa shape index (κ1) is 19.6. The number of allylic oxidation sites excluding steroid dienone is 3. The molecule has 6 heteroatoms. The Hall–Kier alpha value is -2.76. The number of hydrogen-bond donors (Lipinski definition) is 2. The predicted octanol–water partition coefficient (Wildman–Crippen LogP) is 3.21. The molecule has 0 spiro atoms. The first-order valence-electron chi connectivity index (χ1n) is 8.56. The molecule has 0 aromatic carbocycles. The van der Waals surface area contributed by atoms with Gasteiger partial charge in [-0.15, -0.1) is 0 Å². The van der Waals surface area contributed by atoms with Gasteiger partial charge < -0.3 is 19.7 Å². The summed E-state index contributed by atoms with van der Waals surface area (Å²) in [6, 6.07) is -0.609. The zero-order chi connectivity index (χ0) is 19.6. The number of nitrogens with zero attached hydrogens (tertiary/aromatic N) is 2. The third-order valence-corrected chi connectivity index (χ3v) is 5.01. The van der Waals surface area contributed by atoms with Gasteiger partial charge in [0.15, 0.2) is 0 Å². The van der Waals surface area contributed by atoms with Crippen molar-refractivity contribution in [1.29, 1.82) is 0 Å². The van der Waals surface area contributed by atoms with Gasteiger partial charge in [-0.1, -0.05) is 6.08 Å². The fourth-order valence-electron chi connectivity index (χ4n) is 3.14. The maximum atomic E-state index is 11.4. The van der Waals surface area contributed by atoms with Crippen molar-refractivity contribution in [3.05, 3.63) is 52.0 Å². The Bertz CT molecular complexity index is 827. The Kier molecular flexibility index (Phi) is 5.75. The second kappa shape index (κ2) is 7.64. The van der Waals surface area contributed by atoms with Crippen molar-refractivity contribution in [2.24, 2.45) is 0 Å². The minimum atomic E-state index is -0.889. The Labute approximate surface area is 153 Å². The van der Waals surface area contributed by atoms with Gasteiger partial charge in [0, 0.05) is 24.1 Å². The highest BCUT2D eigenvalue weighted by atomic mass is 16.4. The lowest BCUT2D eigenvalue weighted by Gasteiger charge is -2.25. The predicted molar refractivity (Wildman–Crippen MR) is 101 cm³/mol. The van der Waals surface area contributed by atoms with E-state index in [4.69, 9.17) is 5.11 Å². The summed E-state index contributed by atoms with van der Waals surface area (Å²) in [7, 11) is 0. The van der Waals surface area contributed by atoms with E-state index in [1.165, 1.54) is 0 Å². The Balaban J connectivity index is 2.35. The molecule has 140 valence electrons. The largest absolute Gasteiger partial charge is 0.480 e. The van der Waals surface area contributed by atoms with Crippen LogP contribution in [0.1, 0.15) is 37.6 Å². The van der Waals surface area contributed by atoms with Crippen LogP contribution in [0.4, 0.5) is 0 Å². The second-order valence-corrected chi connectivity index (χ2v) is 6.80. The lowest BCUT2D eigenvalue weighted by molar-refractivity contribution is -0.141. The number of carboxylic acids is 2. The second-order valence-electron chi connectivity index (χ2n) is 6.80. The molecule has 1 aliphatic heterocycles. The smallest absolute Gasteiger partial charge is 0.326 e. The quantitative estimate of drug-likeness (QED) is 0.816. The third-order valence-electron chi connectivity index (χ3n) is 5.01. The summed E-state index contributed by atoms with van der Waals surface area (Å²) in [6.07, 6.45) is 7.47. The van der Waals surface area contributed by atoms with Gasteiger partial charge >= 0.3 is 11.9 Å². The summed E-state index contributed by atoms with van der Waals surface area (Å²) < 4.78 is 1.71. The summed E-state index contributed by atoms with van der Waals surface area (Å²) in [5.41, 5.74) is 6.03. The van der Waals surface area contributed by atoms with Crippen LogP contribution in [-0.2, 0) is 16.1 Å². The van der Waals surface area contributed by atoms with Gasteiger partial charge in [-0.25, -0.2) is 4.79 Å². The topological polar surface area (TPSA) is 82.8 Å². The molecule has 1 aromatic rings. The van der Waals surface area contributed by atoms with Crippen molar-refractivity contribution in [3.63, 3.8) is 0 Å². The minimum Gasteiger partial charge on any atom is -0.480 e. The van der Waals surface area contributed by atoms with Crippen LogP contribution in [0.5, 0.6) is 0 Å². The van der Waals surface area contributed by atoms with Crippen LogP contribution in [-0.4, -0.2) is 44.2 Å². The highest BCUT2D eigenvalue weighted by Gasteiger charge is 2.28. The van der Waals surface area contributed by atoms with E-state index in [9.17, 15) is 14.7 Å². The minimum absolute atomic E-state index is 0.0921. The SMILES string of the molecule is CC1=C(C)/C(=C\C=C\c2c(C)c(C)cn2CC(=O)O)N(C(C)C(=O)O)C1. The van der Waals surface area contributed by atoms with Gasteiger partial charge in [0.25, 0.3) is 0 Å². The number of aliphatic carboxylic acids is 2. The molecule has 0 saturated heterocycles. The normalized spacial score (nSPS) is 17.6. The fraction of sp³-hybridized carbons (Fsp3) is 0.400. The van der Waals surface area contributed by atoms with Crippen LogP contribution in [0.3, 0.4) is 0 Å². The first-order valence-corrected chi connectivity index (χ1v) is 8.56. The van der Waals surface area contributed by atoms with Crippen molar-refractivity contribution in [3.8, 4) is 0 Å². The van der Waals surface area contributed by atoms with Crippen molar-refractivity contribution in [2.45, 2.75) is 47.2 Å². The summed E-state index contributed by atoms with van der Waals surface area (Å²) >= 11 is 0. The van der Waals surface area contributed by atoms with Gasteiger partial charge in [-0.2, -0.15) is 0 Å². The monoisotopic (exact) mass is 358 g/mol. The third kappa shape index (κ3) is 3.90.